The first-order valence-electron chi connectivity index (χ1n) is 7.31. The summed E-state index contributed by atoms with van der Waals surface area (Å²) in [5.74, 6) is 0.749. The molecular formula is C16H25BrN2. The minimum absolute atomic E-state index is 0.606. The van der Waals surface area contributed by atoms with Crippen LogP contribution in [0.3, 0.4) is 0 Å². The molecule has 1 aliphatic rings. The van der Waals surface area contributed by atoms with Gasteiger partial charge in [0, 0.05) is 23.6 Å². The van der Waals surface area contributed by atoms with Crippen molar-refractivity contribution in [1.29, 1.82) is 0 Å². The van der Waals surface area contributed by atoms with E-state index in [-0.39, 0.29) is 0 Å². The number of anilines is 1. The molecule has 1 fully saturated rings. The summed E-state index contributed by atoms with van der Waals surface area (Å²) in [5.41, 5.74) is 2.66. The van der Waals surface area contributed by atoms with Gasteiger partial charge in [-0.1, -0.05) is 26.0 Å². The van der Waals surface area contributed by atoms with Gasteiger partial charge in [0.05, 0.1) is 5.69 Å². The Morgan fingerprint density at radius 3 is 2.95 bits per heavy atom. The molecule has 0 radical (unpaired) electrons. The smallest absolute Gasteiger partial charge is 0.0513 e. The molecule has 1 N–H and O–H groups in total. The van der Waals surface area contributed by atoms with Crippen molar-refractivity contribution in [1.82, 2.24) is 5.32 Å². The van der Waals surface area contributed by atoms with E-state index in [1.54, 1.807) is 0 Å². The molecule has 0 saturated carbocycles. The van der Waals surface area contributed by atoms with Gasteiger partial charge >= 0.3 is 0 Å². The number of benzene rings is 1. The van der Waals surface area contributed by atoms with Crippen molar-refractivity contribution in [3.05, 3.63) is 28.2 Å². The van der Waals surface area contributed by atoms with Crippen LogP contribution in [0.4, 0.5) is 5.69 Å². The zero-order chi connectivity index (χ0) is 13.8. The zero-order valence-electron chi connectivity index (χ0n) is 12.2. The number of nitrogens with zero attached hydrogens (tertiary/aromatic N) is 1. The minimum Gasteiger partial charge on any atom is -0.369 e. The van der Waals surface area contributed by atoms with Gasteiger partial charge in [-0.25, -0.2) is 0 Å². The van der Waals surface area contributed by atoms with E-state index in [0.29, 0.717) is 6.04 Å². The molecule has 2 rings (SSSR count). The first-order valence-corrected chi connectivity index (χ1v) is 8.10. The maximum atomic E-state index is 3.75. The molecule has 0 aliphatic carbocycles. The van der Waals surface area contributed by atoms with E-state index in [1.807, 2.05) is 0 Å². The molecule has 1 aliphatic heterocycles. The third kappa shape index (κ3) is 3.96. The fourth-order valence-electron chi connectivity index (χ4n) is 2.82. The third-order valence-corrected chi connectivity index (χ3v) is 4.78. The Bertz CT molecular complexity index is 417. The lowest BCUT2D eigenvalue weighted by Gasteiger charge is -2.28. The van der Waals surface area contributed by atoms with Gasteiger partial charge in [-0.05, 0) is 59.8 Å². The van der Waals surface area contributed by atoms with Crippen molar-refractivity contribution in [3.63, 3.8) is 0 Å². The van der Waals surface area contributed by atoms with Gasteiger partial charge in [0.1, 0.15) is 0 Å². The van der Waals surface area contributed by atoms with Crippen molar-refractivity contribution in [3.8, 4) is 0 Å². The van der Waals surface area contributed by atoms with Crippen molar-refractivity contribution in [2.24, 2.45) is 5.92 Å². The Balaban J connectivity index is 2.15. The van der Waals surface area contributed by atoms with Gasteiger partial charge in [0.25, 0.3) is 0 Å². The fraction of sp³-hybridized carbons (Fsp3) is 0.625. The minimum atomic E-state index is 0.606. The van der Waals surface area contributed by atoms with Crippen LogP contribution in [0.2, 0.25) is 0 Å². The van der Waals surface area contributed by atoms with Gasteiger partial charge in [-0.2, -0.15) is 0 Å². The summed E-state index contributed by atoms with van der Waals surface area (Å²) in [6.07, 6.45) is 2.47. The molecular weight excluding hydrogens is 300 g/mol. The van der Waals surface area contributed by atoms with E-state index in [0.717, 1.165) is 25.6 Å². The van der Waals surface area contributed by atoms with Gasteiger partial charge in [0.15, 0.2) is 0 Å². The Labute approximate surface area is 125 Å². The van der Waals surface area contributed by atoms with Crippen LogP contribution in [0, 0.1) is 12.8 Å². The Hall–Kier alpha value is -0.540. The highest BCUT2D eigenvalue weighted by Crippen LogP contribution is 2.30. The quantitative estimate of drug-likeness (QED) is 0.904. The Morgan fingerprint density at radius 2 is 2.21 bits per heavy atom. The number of aryl methyl sites for hydroxylation is 1. The molecule has 1 atom stereocenters. The maximum absolute atomic E-state index is 3.75. The lowest BCUT2D eigenvalue weighted by atomic mass is 10.0. The number of nitrogens with one attached hydrogen (secondary N) is 1. The SMILES string of the molecule is Cc1cccc(N2CCCNC(CC(C)C)C2)c1Br. The second-order valence-electron chi connectivity index (χ2n) is 5.99. The van der Waals surface area contributed by atoms with E-state index >= 15 is 0 Å². The van der Waals surface area contributed by atoms with Crippen LogP contribution in [0.5, 0.6) is 0 Å². The highest BCUT2D eigenvalue weighted by atomic mass is 79.9. The van der Waals surface area contributed by atoms with E-state index in [4.69, 9.17) is 0 Å². The van der Waals surface area contributed by atoms with E-state index in [1.165, 1.54) is 28.6 Å². The average molecular weight is 325 g/mol. The lowest BCUT2D eigenvalue weighted by Crippen LogP contribution is -2.38. The normalized spacial score (nSPS) is 20.7. The van der Waals surface area contributed by atoms with E-state index in [9.17, 15) is 0 Å². The summed E-state index contributed by atoms with van der Waals surface area (Å²) in [6, 6.07) is 7.16. The molecule has 1 aromatic carbocycles. The largest absolute Gasteiger partial charge is 0.369 e. The molecule has 0 bridgehead atoms. The van der Waals surface area contributed by atoms with Gasteiger partial charge in [0.2, 0.25) is 0 Å². The highest BCUT2D eigenvalue weighted by Gasteiger charge is 2.20. The second-order valence-corrected chi connectivity index (χ2v) is 6.78. The van der Waals surface area contributed by atoms with Crippen molar-refractivity contribution >= 4 is 21.6 Å². The topological polar surface area (TPSA) is 15.3 Å². The molecule has 1 unspecified atom stereocenters. The van der Waals surface area contributed by atoms with Gasteiger partial charge < -0.3 is 10.2 Å². The summed E-state index contributed by atoms with van der Waals surface area (Å²) in [5, 5.41) is 3.69. The third-order valence-electron chi connectivity index (χ3n) is 3.75. The summed E-state index contributed by atoms with van der Waals surface area (Å²) in [7, 11) is 0. The molecule has 19 heavy (non-hydrogen) atoms. The molecule has 0 aromatic heterocycles. The molecule has 1 heterocycles. The molecule has 2 nitrogen and oxygen atoms in total. The van der Waals surface area contributed by atoms with Crippen LogP contribution in [-0.4, -0.2) is 25.7 Å². The number of hydrogen-bond donors (Lipinski definition) is 1. The van der Waals surface area contributed by atoms with Gasteiger partial charge in [-0.15, -0.1) is 0 Å². The van der Waals surface area contributed by atoms with Crippen LogP contribution >= 0.6 is 15.9 Å². The second kappa shape index (κ2) is 6.76. The van der Waals surface area contributed by atoms with Crippen LogP contribution in [0.15, 0.2) is 22.7 Å². The van der Waals surface area contributed by atoms with Gasteiger partial charge in [-0.3, -0.25) is 0 Å². The number of hydrogen-bond acceptors (Lipinski definition) is 2. The Kier molecular flexibility index (Phi) is 5.28. The van der Waals surface area contributed by atoms with Crippen molar-refractivity contribution in [2.75, 3.05) is 24.5 Å². The molecule has 3 heteroatoms. The van der Waals surface area contributed by atoms with Crippen LogP contribution in [-0.2, 0) is 0 Å². The summed E-state index contributed by atoms with van der Waals surface area (Å²) >= 11 is 3.75. The van der Waals surface area contributed by atoms with Crippen LogP contribution < -0.4 is 10.2 Å². The summed E-state index contributed by atoms with van der Waals surface area (Å²) < 4.78 is 1.25. The molecule has 0 amide bonds. The molecule has 0 spiro atoms. The highest BCUT2D eigenvalue weighted by molar-refractivity contribution is 9.10. The summed E-state index contributed by atoms with van der Waals surface area (Å²) in [6.45, 7) is 10.2. The van der Waals surface area contributed by atoms with Crippen LogP contribution in [0.25, 0.3) is 0 Å². The van der Waals surface area contributed by atoms with E-state index < -0.39 is 0 Å². The van der Waals surface area contributed by atoms with Crippen molar-refractivity contribution < 1.29 is 0 Å². The lowest BCUT2D eigenvalue weighted by molar-refractivity contribution is 0.436. The molecule has 1 saturated heterocycles. The Morgan fingerprint density at radius 1 is 1.42 bits per heavy atom. The molecule has 1 aromatic rings. The predicted octanol–water partition coefficient (Wildman–Crippen LogP) is 3.97. The monoisotopic (exact) mass is 324 g/mol. The number of halogens is 1. The standard InChI is InChI=1S/C16H25BrN2/c1-12(2)10-14-11-19(9-5-8-18-14)15-7-4-6-13(3)16(15)17/h4,6-7,12,14,18H,5,8-11H2,1-3H3. The number of rotatable bonds is 3. The zero-order valence-corrected chi connectivity index (χ0v) is 13.8. The maximum Gasteiger partial charge on any atom is 0.0513 e. The first kappa shape index (κ1) is 14.9. The van der Waals surface area contributed by atoms with E-state index in [2.05, 4.69) is 65.1 Å². The fourth-order valence-corrected chi connectivity index (χ4v) is 3.33. The predicted molar refractivity (Wildman–Crippen MR) is 87.0 cm³/mol. The molecule has 106 valence electrons. The van der Waals surface area contributed by atoms with Crippen LogP contribution in [0.1, 0.15) is 32.3 Å². The summed E-state index contributed by atoms with van der Waals surface area (Å²) in [4.78, 5) is 2.53. The average Bonchev–Trinajstić information content (AvgIpc) is 2.57. The van der Waals surface area contributed by atoms with Crippen molar-refractivity contribution in [2.45, 2.75) is 39.7 Å². The first-order chi connectivity index (χ1) is 9.08.